The van der Waals surface area contributed by atoms with E-state index >= 15 is 0 Å². The molecule has 1 N–H and O–H groups in total. The van der Waals surface area contributed by atoms with Crippen LogP contribution in [0.2, 0.25) is 5.02 Å². The molecule has 1 aliphatic heterocycles. The molecule has 8 nitrogen and oxygen atoms in total. The quantitative estimate of drug-likeness (QED) is 0.438. The van der Waals surface area contributed by atoms with Crippen molar-refractivity contribution in [2.45, 2.75) is 32.1 Å². The molecule has 0 bridgehead atoms. The van der Waals surface area contributed by atoms with Gasteiger partial charge in [-0.3, -0.25) is 19.5 Å². The largest absolute Gasteiger partial charge is 0.419 e. The van der Waals surface area contributed by atoms with Gasteiger partial charge < -0.3 is 10.2 Å². The monoisotopic (exact) mass is 564 g/mol. The van der Waals surface area contributed by atoms with Crippen LogP contribution in [0.25, 0.3) is 0 Å². The number of hydrogen-bond donors (Lipinski definition) is 1. The number of nitrogens with one attached hydrogen (secondary N) is 1. The van der Waals surface area contributed by atoms with E-state index in [1.807, 2.05) is 0 Å². The van der Waals surface area contributed by atoms with E-state index in [-0.39, 0.29) is 28.3 Å². The second-order valence-corrected chi connectivity index (χ2v) is 10.00. The lowest BCUT2D eigenvalue weighted by molar-refractivity contribution is -0.138. The summed E-state index contributed by atoms with van der Waals surface area (Å²) in [7, 11) is 0. The Morgan fingerprint density at radius 2 is 2.00 bits per heavy atom. The number of nitriles is 1. The lowest BCUT2D eigenvalue weighted by Gasteiger charge is -2.29. The Labute approximate surface area is 223 Å². The van der Waals surface area contributed by atoms with E-state index in [4.69, 9.17) is 29.1 Å². The molecule has 1 aliphatic rings. The molecule has 3 heterocycles. The van der Waals surface area contributed by atoms with Crippen molar-refractivity contribution in [2.24, 2.45) is 0 Å². The zero-order valence-electron chi connectivity index (χ0n) is 19.1. The maximum atomic E-state index is 13.5. The number of nitrogens with zero attached hydrogens (tertiary/aromatic N) is 5. The summed E-state index contributed by atoms with van der Waals surface area (Å²) in [6.45, 7) is 3.27. The third-order valence-electron chi connectivity index (χ3n) is 5.60. The predicted octanol–water partition coefficient (Wildman–Crippen LogP) is 4.93. The van der Waals surface area contributed by atoms with Crippen LogP contribution in [0.1, 0.15) is 40.3 Å². The highest BCUT2D eigenvalue weighted by Crippen LogP contribution is 2.39. The van der Waals surface area contributed by atoms with Gasteiger partial charge in [-0.25, -0.2) is 4.98 Å². The fraction of sp³-hybridized carbons (Fsp3) is 0.217. The molecular formula is C23H16ClF3N6O2S2. The molecule has 4 rings (SSSR count). The van der Waals surface area contributed by atoms with Crippen LogP contribution in [0, 0.1) is 11.3 Å². The third kappa shape index (κ3) is 4.87. The number of anilines is 2. The molecule has 1 fully saturated rings. The van der Waals surface area contributed by atoms with Gasteiger partial charge in [0.25, 0.3) is 11.8 Å². The molecule has 0 spiro atoms. The molecule has 1 aromatic carbocycles. The van der Waals surface area contributed by atoms with Crippen LogP contribution in [0.4, 0.5) is 24.5 Å². The Kier molecular flexibility index (Phi) is 6.93. The zero-order chi connectivity index (χ0) is 27.1. The fourth-order valence-corrected chi connectivity index (χ4v) is 5.05. The number of alkyl halides is 3. The van der Waals surface area contributed by atoms with E-state index in [1.54, 1.807) is 37.6 Å². The minimum absolute atomic E-state index is 0.0862. The second-order valence-electron chi connectivity index (χ2n) is 8.34. The first-order valence-electron chi connectivity index (χ1n) is 10.5. The Hall–Kier alpha value is -3.60. The first kappa shape index (κ1) is 26.5. The average Bonchev–Trinajstić information content (AvgIpc) is 3.43. The van der Waals surface area contributed by atoms with Crippen LogP contribution in [-0.2, 0) is 17.5 Å². The van der Waals surface area contributed by atoms with E-state index in [0.29, 0.717) is 22.2 Å². The number of thiazole rings is 1. The first-order valence-corrected chi connectivity index (χ1v) is 12.1. The van der Waals surface area contributed by atoms with Gasteiger partial charge in [0.2, 0.25) is 0 Å². The Bertz CT molecular complexity index is 1450. The standard InChI is InChI=1S/C23H16ClF3N6O2S2/c1-22(2)20(35)32(14-5-15(23(25,26)27)17(7-28)30-9-14)21(36)33(22)13-4-3-12(16(24)6-13)8-31-19(34)18-10-29-11-37-18/h3-6,9-11H,8H2,1-2H3,(H,31,34). The number of pyridine rings is 1. The zero-order valence-corrected chi connectivity index (χ0v) is 21.5. The van der Waals surface area contributed by atoms with Crippen LogP contribution in [0.15, 0.2) is 42.2 Å². The van der Waals surface area contributed by atoms with E-state index < -0.39 is 28.9 Å². The van der Waals surface area contributed by atoms with Crippen molar-refractivity contribution in [3.8, 4) is 6.07 Å². The molecule has 0 aliphatic carbocycles. The van der Waals surface area contributed by atoms with Gasteiger partial charge in [-0.15, -0.1) is 11.3 Å². The van der Waals surface area contributed by atoms with E-state index in [9.17, 15) is 22.8 Å². The van der Waals surface area contributed by atoms with Crippen LogP contribution < -0.4 is 15.1 Å². The molecule has 190 valence electrons. The Morgan fingerprint density at radius 1 is 1.27 bits per heavy atom. The van der Waals surface area contributed by atoms with Crippen molar-refractivity contribution in [1.29, 1.82) is 5.26 Å². The predicted molar refractivity (Wildman–Crippen MR) is 135 cm³/mol. The number of benzene rings is 1. The summed E-state index contributed by atoms with van der Waals surface area (Å²) in [5.41, 5.74) is -1.02. The number of carbonyl (C=O) groups excluding carboxylic acids is 2. The van der Waals surface area contributed by atoms with Crippen molar-refractivity contribution >= 4 is 63.5 Å². The number of amides is 2. The molecule has 0 unspecified atom stereocenters. The van der Waals surface area contributed by atoms with Crippen LogP contribution >= 0.6 is 35.2 Å². The molecular weight excluding hydrogens is 549 g/mol. The van der Waals surface area contributed by atoms with Gasteiger partial charge in [0.1, 0.15) is 16.5 Å². The Balaban J connectivity index is 1.63. The van der Waals surface area contributed by atoms with Gasteiger partial charge in [0.15, 0.2) is 10.8 Å². The highest BCUT2D eigenvalue weighted by atomic mass is 35.5. The first-order chi connectivity index (χ1) is 17.4. The average molecular weight is 565 g/mol. The molecule has 3 aromatic rings. The van der Waals surface area contributed by atoms with Gasteiger partial charge in [-0.2, -0.15) is 18.4 Å². The summed E-state index contributed by atoms with van der Waals surface area (Å²) in [6.07, 6.45) is -2.41. The summed E-state index contributed by atoms with van der Waals surface area (Å²) in [6, 6.07) is 6.94. The van der Waals surface area contributed by atoms with Crippen molar-refractivity contribution in [3.05, 3.63) is 68.9 Å². The molecule has 2 aromatic heterocycles. The lowest BCUT2D eigenvalue weighted by atomic mass is 10.0. The van der Waals surface area contributed by atoms with E-state index in [2.05, 4.69) is 15.3 Å². The summed E-state index contributed by atoms with van der Waals surface area (Å²) >= 11 is 13.2. The number of hydrogen-bond acceptors (Lipinski definition) is 7. The maximum absolute atomic E-state index is 13.5. The van der Waals surface area contributed by atoms with Crippen molar-refractivity contribution in [3.63, 3.8) is 0 Å². The highest BCUT2D eigenvalue weighted by molar-refractivity contribution is 7.81. The minimum Gasteiger partial charge on any atom is -0.347 e. The van der Waals surface area contributed by atoms with Gasteiger partial charge in [-0.05, 0) is 49.8 Å². The Morgan fingerprint density at radius 3 is 2.59 bits per heavy atom. The molecule has 14 heteroatoms. The van der Waals surface area contributed by atoms with Gasteiger partial charge in [0.05, 0.1) is 29.2 Å². The SMILES string of the molecule is CC1(C)C(=O)N(c2cnc(C#N)c(C(F)(F)F)c2)C(=S)N1c1ccc(CNC(=O)c2cncs2)c(Cl)c1. The van der Waals surface area contributed by atoms with Crippen LogP contribution in [0.3, 0.4) is 0 Å². The summed E-state index contributed by atoms with van der Waals surface area (Å²) in [5.74, 6) is -0.894. The third-order valence-corrected chi connectivity index (χ3v) is 7.09. The molecule has 0 saturated carbocycles. The van der Waals surface area contributed by atoms with Crippen molar-refractivity contribution < 1.29 is 22.8 Å². The normalized spacial score (nSPS) is 15.2. The van der Waals surface area contributed by atoms with E-state index in [0.717, 1.165) is 11.1 Å². The van der Waals surface area contributed by atoms with Crippen LogP contribution in [0.5, 0.6) is 0 Å². The minimum atomic E-state index is -4.85. The number of aromatic nitrogens is 2. The van der Waals surface area contributed by atoms with Gasteiger partial charge in [0, 0.05) is 17.3 Å². The lowest BCUT2D eigenvalue weighted by Crippen LogP contribution is -2.44. The fourth-order valence-electron chi connectivity index (χ4n) is 3.75. The number of thiocarbonyl (C=S) groups is 1. The summed E-state index contributed by atoms with van der Waals surface area (Å²) < 4.78 is 40.5. The molecule has 2 amide bonds. The molecule has 37 heavy (non-hydrogen) atoms. The molecule has 0 radical (unpaired) electrons. The smallest absolute Gasteiger partial charge is 0.347 e. The second kappa shape index (κ2) is 9.70. The number of halogens is 4. The summed E-state index contributed by atoms with van der Waals surface area (Å²) in [4.78, 5) is 35.8. The molecule has 0 atom stereocenters. The summed E-state index contributed by atoms with van der Waals surface area (Å²) in [5, 5.41) is 12.0. The number of carbonyl (C=O) groups is 2. The number of rotatable bonds is 5. The van der Waals surface area contributed by atoms with Crippen molar-refractivity contribution in [1.82, 2.24) is 15.3 Å². The topological polar surface area (TPSA) is 102 Å². The maximum Gasteiger partial charge on any atom is 0.419 e. The van der Waals surface area contributed by atoms with Gasteiger partial charge >= 0.3 is 6.18 Å². The molecule has 1 saturated heterocycles. The van der Waals surface area contributed by atoms with Gasteiger partial charge in [-0.1, -0.05) is 17.7 Å². The van der Waals surface area contributed by atoms with Crippen LogP contribution in [-0.4, -0.2) is 32.4 Å². The van der Waals surface area contributed by atoms with Crippen molar-refractivity contribution in [2.75, 3.05) is 9.80 Å². The van der Waals surface area contributed by atoms with E-state index in [1.165, 1.54) is 28.5 Å². The highest BCUT2D eigenvalue weighted by Gasteiger charge is 2.51.